The second-order valence-corrected chi connectivity index (χ2v) is 11.2. The number of nitrogens with one attached hydrogen (secondary N) is 1. The Labute approximate surface area is 241 Å². The number of rotatable bonds is 9. The number of nitrogen functional groups attached to an aromatic ring is 1. The van der Waals surface area contributed by atoms with Gasteiger partial charge in [-0.2, -0.15) is 4.98 Å². The predicted octanol–water partition coefficient (Wildman–Crippen LogP) is 9.69. The van der Waals surface area contributed by atoms with Crippen molar-refractivity contribution in [1.29, 1.82) is 0 Å². The van der Waals surface area contributed by atoms with Gasteiger partial charge in [-0.05, 0) is 85.4 Å². The summed E-state index contributed by atoms with van der Waals surface area (Å²) < 4.78 is 0. The summed E-state index contributed by atoms with van der Waals surface area (Å²) >= 11 is 0. The fourth-order valence-electron chi connectivity index (χ4n) is 5.73. The maximum atomic E-state index is 6.54. The predicted molar refractivity (Wildman–Crippen MR) is 174 cm³/mol. The molecule has 1 aliphatic rings. The van der Waals surface area contributed by atoms with E-state index in [0.717, 1.165) is 47.8 Å². The highest BCUT2D eigenvalue weighted by Gasteiger charge is 2.19. The van der Waals surface area contributed by atoms with E-state index in [2.05, 4.69) is 114 Å². The third-order valence-corrected chi connectivity index (χ3v) is 8.37. The fraction of sp³-hybridized carbons (Fsp3) is 0.389. The zero-order valence-corrected chi connectivity index (χ0v) is 25.7. The maximum Gasteiger partial charge on any atom is 0.229 e. The van der Waals surface area contributed by atoms with E-state index in [9.17, 15) is 0 Å². The number of hydrogen-bond acceptors (Lipinski definition) is 4. The van der Waals surface area contributed by atoms with Gasteiger partial charge in [-0.1, -0.05) is 95.2 Å². The standard InChI is InChI=1S/C36H46N4/c1-9-22(5)18-24(7)28-20-26(11-3)33(27(12-4)21-28)31-14-13-15-32-34(31)39-36(40-35(32)37)38-29-16-17-30(23(6)10-2)25(8)19-29/h13-21,24-25H,9-12H2,1-8H3,(H3,37,38,39,40)/b22-18+,30-23+. The van der Waals surface area contributed by atoms with Crippen LogP contribution in [0.2, 0.25) is 0 Å². The van der Waals surface area contributed by atoms with Crippen LogP contribution in [-0.2, 0) is 12.8 Å². The highest BCUT2D eigenvalue weighted by Crippen LogP contribution is 2.38. The number of benzene rings is 2. The van der Waals surface area contributed by atoms with Gasteiger partial charge in [0.25, 0.3) is 0 Å². The van der Waals surface area contributed by atoms with Crippen LogP contribution >= 0.6 is 0 Å². The van der Waals surface area contributed by atoms with E-state index < -0.39 is 0 Å². The number of anilines is 2. The van der Waals surface area contributed by atoms with Crippen LogP contribution in [0.5, 0.6) is 0 Å². The van der Waals surface area contributed by atoms with E-state index in [4.69, 9.17) is 10.7 Å². The molecule has 40 heavy (non-hydrogen) atoms. The van der Waals surface area contributed by atoms with Crippen LogP contribution in [0.1, 0.15) is 90.8 Å². The van der Waals surface area contributed by atoms with Gasteiger partial charge in [0, 0.05) is 22.6 Å². The summed E-state index contributed by atoms with van der Waals surface area (Å²) in [5, 5.41) is 4.33. The van der Waals surface area contributed by atoms with Crippen molar-refractivity contribution in [1.82, 2.24) is 9.97 Å². The van der Waals surface area contributed by atoms with Gasteiger partial charge in [0.1, 0.15) is 5.82 Å². The van der Waals surface area contributed by atoms with Crippen LogP contribution in [0.25, 0.3) is 22.0 Å². The summed E-state index contributed by atoms with van der Waals surface area (Å²) in [7, 11) is 0. The van der Waals surface area contributed by atoms with E-state index in [1.807, 2.05) is 6.07 Å². The zero-order valence-electron chi connectivity index (χ0n) is 25.7. The lowest BCUT2D eigenvalue weighted by Gasteiger charge is -2.21. The minimum atomic E-state index is 0.330. The van der Waals surface area contributed by atoms with Crippen molar-refractivity contribution < 1.29 is 0 Å². The maximum absolute atomic E-state index is 6.54. The van der Waals surface area contributed by atoms with Crippen molar-refractivity contribution >= 4 is 22.7 Å². The molecular weight excluding hydrogens is 488 g/mol. The Bertz CT molecular complexity index is 1490. The highest BCUT2D eigenvalue weighted by atomic mass is 15.1. The van der Waals surface area contributed by atoms with E-state index in [1.165, 1.54) is 39.0 Å². The van der Waals surface area contributed by atoms with Crippen LogP contribution in [0.15, 0.2) is 77.1 Å². The van der Waals surface area contributed by atoms with Crippen LogP contribution in [0.3, 0.4) is 0 Å². The largest absolute Gasteiger partial charge is 0.383 e. The fourth-order valence-corrected chi connectivity index (χ4v) is 5.73. The first-order valence-electron chi connectivity index (χ1n) is 15.0. The number of para-hydroxylation sites is 1. The van der Waals surface area contributed by atoms with Gasteiger partial charge in [0.05, 0.1) is 5.52 Å². The summed E-state index contributed by atoms with van der Waals surface area (Å²) in [4.78, 5) is 9.71. The number of aromatic nitrogens is 2. The summed E-state index contributed by atoms with van der Waals surface area (Å²) in [6.45, 7) is 17.9. The van der Waals surface area contributed by atoms with E-state index in [0.29, 0.717) is 23.6 Å². The lowest BCUT2D eigenvalue weighted by molar-refractivity contribution is 0.841. The number of aryl methyl sites for hydroxylation is 2. The Kier molecular flexibility index (Phi) is 9.29. The van der Waals surface area contributed by atoms with Gasteiger partial charge in [-0.15, -0.1) is 0 Å². The van der Waals surface area contributed by atoms with Crippen molar-refractivity contribution in [3.05, 3.63) is 93.7 Å². The molecule has 4 nitrogen and oxygen atoms in total. The number of nitrogens with zero attached hydrogens (tertiary/aromatic N) is 2. The second kappa shape index (κ2) is 12.7. The quantitative estimate of drug-likeness (QED) is 0.268. The minimum Gasteiger partial charge on any atom is -0.383 e. The molecule has 1 heterocycles. The molecule has 0 radical (unpaired) electrons. The SMILES string of the molecule is CC/C(C)=C1\C=CC(Nc2nc(N)c3cccc(-c4c(CC)cc(C(C)/C=C(\C)CC)cc4CC)c3n2)=CC1C. The Morgan fingerprint density at radius 1 is 1.00 bits per heavy atom. The Hall–Kier alpha value is -3.66. The lowest BCUT2D eigenvalue weighted by Crippen LogP contribution is -2.10. The Morgan fingerprint density at radius 3 is 2.30 bits per heavy atom. The topological polar surface area (TPSA) is 63.8 Å². The normalized spacial score (nSPS) is 17.6. The van der Waals surface area contributed by atoms with Gasteiger partial charge in [-0.25, -0.2) is 4.98 Å². The average molecular weight is 535 g/mol. The monoisotopic (exact) mass is 534 g/mol. The Balaban J connectivity index is 1.81. The molecule has 1 aromatic heterocycles. The van der Waals surface area contributed by atoms with Crippen molar-refractivity contribution in [2.24, 2.45) is 5.92 Å². The highest BCUT2D eigenvalue weighted by molar-refractivity contribution is 6.00. The van der Waals surface area contributed by atoms with Crippen molar-refractivity contribution in [3.63, 3.8) is 0 Å². The first kappa shape index (κ1) is 29.3. The number of nitrogens with two attached hydrogens (primary N) is 1. The third kappa shape index (κ3) is 6.06. The van der Waals surface area contributed by atoms with Crippen LogP contribution in [0, 0.1) is 5.92 Å². The van der Waals surface area contributed by atoms with E-state index >= 15 is 0 Å². The van der Waals surface area contributed by atoms with E-state index in [1.54, 1.807) is 0 Å². The molecule has 0 bridgehead atoms. The molecule has 4 heteroatoms. The molecule has 3 aromatic rings. The molecule has 0 amide bonds. The molecule has 0 saturated carbocycles. The number of hydrogen-bond donors (Lipinski definition) is 2. The molecule has 2 unspecified atom stereocenters. The van der Waals surface area contributed by atoms with E-state index in [-0.39, 0.29) is 0 Å². The van der Waals surface area contributed by atoms with Crippen molar-refractivity contribution in [3.8, 4) is 11.1 Å². The average Bonchev–Trinajstić information content (AvgIpc) is 2.95. The molecule has 0 fully saturated rings. The molecule has 2 atom stereocenters. The van der Waals surface area contributed by atoms with Crippen LogP contribution in [-0.4, -0.2) is 9.97 Å². The summed E-state index contributed by atoms with van der Waals surface area (Å²) in [5.41, 5.74) is 19.1. The van der Waals surface area contributed by atoms with Gasteiger partial charge in [0.15, 0.2) is 0 Å². The van der Waals surface area contributed by atoms with Crippen LogP contribution in [0.4, 0.5) is 11.8 Å². The molecule has 210 valence electrons. The van der Waals surface area contributed by atoms with Gasteiger partial charge in [-0.3, -0.25) is 0 Å². The zero-order chi connectivity index (χ0) is 29.0. The number of allylic oxidation sites excluding steroid dienone is 7. The molecule has 0 spiro atoms. The molecule has 0 saturated heterocycles. The Morgan fingerprint density at radius 2 is 1.70 bits per heavy atom. The van der Waals surface area contributed by atoms with Crippen LogP contribution < -0.4 is 11.1 Å². The summed E-state index contributed by atoms with van der Waals surface area (Å²) in [6, 6.07) is 11.1. The number of fused-ring (bicyclic) bond motifs is 1. The van der Waals surface area contributed by atoms with Gasteiger partial charge in [0.2, 0.25) is 5.95 Å². The third-order valence-electron chi connectivity index (χ3n) is 8.37. The minimum absolute atomic E-state index is 0.330. The molecule has 0 aliphatic heterocycles. The molecule has 4 rings (SSSR count). The second-order valence-electron chi connectivity index (χ2n) is 11.2. The van der Waals surface area contributed by atoms with Gasteiger partial charge < -0.3 is 11.1 Å². The van der Waals surface area contributed by atoms with Crippen molar-refractivity contribution in [2.75, 3.05) is 11.1 Å². The first-order chi connectivity index (χ1) is 19.2. The smallest absolute Gasteiger partial charge is 0.229 e. The molecule has 1 aliphatic carbocycles. The molecular formula is C36H46N4. The van der Waals surface area contributed by atoms with Crippen molar-refractivity contribution in [2.45, 2.75) is 87.0 Å². The molecule has 3 N–H and O–H groups in total. The summed E-state index contributed by atoms with van der Waals surface area (Å²) in [6.07, 6.45) is 13.0. The molecule has 2 aromatic carbocycles. The first-order valence-corrected chi connectivity index (χ1v) is 15.0. The lowest BCUT2D eigenvalue weighted by atomic mass is 9.85. The summed E-state index contributed by atoms with van der Waals surface area (Å²) in [5.74, 6) is 1.73. The van der Waals surface area contributed by atoms with Gasteiger partial charge >= 0.3 is 0 Å².